The van der Waals surface area contributed by atoms with E-state index in [9.17, 15) is 4.79 Å². The molecule has 0 aromatic rings. The van der Waals surface area contributed by atoms with Crippen LogP contribution in [0.5, 0.6) is 0 Å². The average molecular weight is 288 g/mol. The lowest BCUT2D eigenvalue weighted by molar-refractivity contribution is -0.139. The molecule has 0 unspecified atom stereocenters. The van der Waals surface area contributed by atoms with Crippen LogP contribution in [0.3, 0.4) is 0 Å². The van der Waals surface area contributed by atoms with Gasteiger partial charge in [0.15, 0.2) is 0 Å². The van der Waals surface area contributed by atoms with Gasteiger partial charge in [-0.3, -0.25) is 4.79 Å². The number of hydrogen-bond acceptors (Lipinski definition) is 1. The van der Waals surface area contributed by atoms with Crippen molar-refractivity contribution in [3.05, 3.63) is 0 Å². The lowest BCUT2D eigenvalue weighted by Gasteiger charge is -2.39. The van der Waals surface area contributed by atoms with Crippen molar-refractivity contribution in [3.63, 3.8) is 0 Å². The fourth-order valence-electron chi connectivity index (χ4n) is 2.81. The van der Waals surface area contributed by atoms with E-state index in [1.165, 1.54) is 32.1 Å². The molecular weight excluding hydrogens is 266 g/mol. The molecule has 2 aliphatic rings. The molecule has 0 radical (unpaired) electrons. The van der Waals surface area contributed by atoms with E-state index in [4.69, 9.17) is 0 Å². The topological polar surface area (TPSA) is 20.3 Å². The highest BCUT2D eigenvalue weighted by Gasteiger charge is 2.33. The first-order valence-electron chi connectivity index (χ1n) is 6.69. The van der Waals surface area contributed by atoms with Crippen molar-refractivity contribution in [2.24, 2.45) is 5.92 Å². The highest BCUT2D eigenvalue weighted by atomic mass is 79.9. The van der Waals surface area contributed by atoms with Crippen molar-refractivity contribution < 1.29 is 4.79 Å². The molecule has 0 aliphatic heterocycles. The van der Waals surface area contributed by atoms with E-state index >= 15 is 0 Å². The van der Waals surface area contributed by atoms with Crippen LogP contribution in [0.15, 0.2) is 0 Å². The van der Waals surface area contributed by atoms with Crippen molar-refractivity contribution in [1.29, 1.82) is 0 Å². The molecule has 0 spiro atoms. The molecule has 0 aromatic heterocycles. The molecule has 2 nitrogen and oxygen atoms in total. The SMILES string of the molecule is O=C(C1CCCC1)N(CCCBr)C1CCC1. The summed E-state index contributed by atoms with van der Waals surface area (Å²) in [5.74, 6) is 0.819. The minimum atomic E-state index is 0.357. The molecule has 0 N–H and O–H groups in total. The molecule has 0 atom stereocenters. The van der Waals surface area contributed by atoms with Gasteiger partial charge in [-0.15, -0.1) is 0 Å². The number of carbonyl (C=O) groups is 1. The van der Waals surface area contributed by atoms with E-state index < -0.39 is 0 Å². The Morgan fingerprint density at radius 2 is 1.81 bits per heavy atom. The zero-order valence-electron chi connectivity index (χ0n) is 9.96. The van der Waals surface area contributed by atoms with Crippen molar-refractivity contribution in [2.75, 3.05) is 11.9 Å². The minimum Gasteiger partial charge on any atom is -0.339 e. The number of rotatable bonds is 5. The maximum atomic E-state index is 12.4. The molecule has 2 fully saturated rings. The van der Waals surface area contributed by atoms with Crippen LogP contribution in [0.1, 0.15) is 51.4 Å². The van der Waals surface area contributed by atoms with Crippen molar-refractivity contribution in [2.45, 2.75) is 57.4 Å². The zero-order chi connectivity index (χ0) is 11.4. The summed E-state index contributed by atoms with van der Waals surface area (Å²) in [5, 5.41) is 1.01. The van der Waals surface area contributed by atoms with E-state index in [0.717, 1.165) is 31.1 Å². The fraction of sp³-hybridized carbons (Fsp3) is 0.923. The fourth-order valence-corrected chi connectivity index (χ4v) is 3.06. The zero-order valence-corrected chi connectivity index (χ0v) is 11.5. The average Bonchev–Trinajstić information content (AvgIpc) is 2.73. The molecule has 1 amide bonds. The van der Waals surface area contributed by atoms with Crippen LogP contribution in [0.25, 0.3) is 0 Å². The molecule has 2 aliphatic carbocycles. The first-order valence-corrected chi connectivity index (χ1v) is 7.81. The maximum Gasteiger partial charge on any atom is 0.225 e. The van der Waals surface area contributed by atoms with Gasteiger partial charge in [0.05, 0.1) is 0 Å². The van der Waals surface area contributed by atoms with Crippen LogP contribution in [0, 0.1) is 5.92 Å². The summed E-state index contributed by atoms with van der Waals surface area (Å²) in [4.78, 5) is 14.6. The standard InChI is InChI=1S/C13H22BrNO/c14-9-4-10-15(12-7-3-8-12)13(16)11-5-1-2-6-11/h11-12H,1-10H2. The number of alkyl halides is 1. The second-order valence-corrected chi connectivity index (χ2v) is 5.93. The van der Waals surface area contributed by atoms with E-state index in [0.29, 0.717) is 17.9 Å². The first-order chi connectivity index (χ1) is 7.83. The van der Waals surface area contributed by atoms with Crippen LogP contribution in [-0.2, 0) is 4.79 Å². The van der Waals surface area contributed by atoms with Gasteiger partial charge >= 0.3 is 0 Å². The van der Waals surface area contributed by atoms with Crippen LogP contribution < -0.4 is 0 Å². The second-order valence-electron chi connectivity index (χ2n) is 5.14. The minimum absolute atomic E-state index is 0.357. The summed E-state index contributed by atoms with van der Waals surface area (Å²) in [6.45, 7) is 0.964. The van der Waals surface area contributed by atoms with E-state index in [-0.39, 0.29) is 0 Å². The Hall–Kier alpha value is -0.0500. The molecule has 92 valence electrons. The summed E-state index contributed by atoms with van der Waals surface area (Å²) < 4.78 is 0. The summed E-state index contributed by atoms with van der Waals surface area (Å²) in [6.07, 6.45) is 9.66. The summed E-state index contributed by atoms with van der Waals surface area (Å²) >= 11 is 3.46. The van der Waals surface area contributed by atoms with Gasteiger partial charge in [-0.25, -0.2) is 0 Å². The van der Waals surface area contributed by atoms with E-state index in [1.54, 1.807) is 0 Å². The lowest BCUT2D eigenvalue weighted by Crippen LogP contribution is -2.47. The first kappa shape index (κ1) is 12.4. The van der Waals surface area contributed by atoms with Crippen molar-refractivity contribution >= 4 is 21.8 Å². The number of halogens is 1. The monoisotopic (exact) mass is 287 g/mol. The van der Waals surface area contributed by atoms with E-state index in [2.05, 4.69) is 20.8 Å². The third-order valence-corrected chi connectivity index (χ3v) is 4.60. The van der Waals surface area contributed by atoms with Gasteiger partial charge in [0, 0.05) is 23.8 Å². The number of hydrogen-bond donors (Lipinski definition) is 0. The Kier molecular flexibility index (Phi) is 4.68. The highest BCUT2D eigenvalue weighted by molar-refractivity contribution is 9.09. The quantitative estimate of drug-likeness (QED) is 0.710. The Labute approximate surface area is 107 Å². The highest BCUT2D eigenvalue weighted by Crippen LogP contribution is 2.31. The van der Waals surface area contributed by atoms with Gasteiger partial charge < -0.3 is 4.90 Å². The molecule has 0 bridgehead atoms. The lowest BCUT2D eigenvalue weighted by atomic mass is 9.90. The molecule has 0 heterocycles. The Morgan fingerprint density at radius 1 is 1.12 bits per heavy atom. The predicted molar refractivity (Wildman–Crippen MR) is 69.7 cm³/mol. The molecule has 0 saturated heterocycles. The second kappa shape index (κ2) is 6.04. The van der Waals surface area contributed by atoms with Crippen molar-refractivity contribution in [1.82, 2.24) is 4.90 Å². The van der Waals surface area contributed by atoms with E-state index in [1.807, 2.05) is 0 Å². The van der Waals surface area contributed by atoms with Crippen LogP contribution in [0.4, 0.5) is 0 Å². The number of nitrogens with zero attached hydrogens (tertiary/aromatic N) is 1. The van der Waals surface area contributed by atoms with Gasteiger partial charge in [-0.2, -0.15) is 0 Å². The van der Waals surface area contributed by atoms with Crippen LogP contribution >= 0.6 is 15.9 Å². The molecule has 0 aromatic carbocycles. The maximum absolute atomic E-state index is 12.4. The normalized spacial score (nSPS) is 22.1. The summed E-state index contributed by atoms with van der Waals surface area (Å²) in [5.41, 5.74) is 0. The van der Waals surface area contributed by atoms with Crippen LogP contribution in [0.2, 0.25) is 0 Å². The largest absolute Gasteiger partial charge is 0.339 e. The Balaban J connectivity index is 1.90. The number of carbonyl (C=O) groups excluding carboxylic acids is 1. The van der Waals surface area contributed by atoms with Gasteiger partial charge in [0.1, 0.15) is 0 Å². The number of amides is 1. The van der Waals surface area contributed by atoms with Crippen molar-refractivity contribution in [3.8, 4) is 0 Å². The Morgan fingerprint density at radius 3 is 2.31 bits per heavy atom. The van der Waals surface area contributed by atoms with Gasteiger partial charge in [-0.05, 0) is 38.5 Å². The third-order valence-electron chi connectivity index (χ3n) is 4.04. The molecule has 2 rings (SSSR count). The van der Waals surface area contributed by atoms with Gasteiger partial charge in [-0.1, -0.05) is 28.8 Å². The molecule has 3 heteroatoms. The Bertz CT molecular complexity index is 234. The smallest absolute Gasteiger partial charge is 0.225 e. The van der Waals surface area contributed by atoms with Gasteiger partial charge in [0.2, 0.25) is 5.91 Å². The predicted octanol–water partition coefficient (Wildman–Crippen LogP) is 3.34. The van der Waals surface area contributed by atoms with Gasteiger partial charge in [0.25, 0.3) is 0 Å². The molecular formula is C13H22BrNO. The molecule has 16 heavy (non-hydrogen) atoms. The summed E-state index contributed by atoms with van der Waals surface area (Å²) in [7, 11) is 0. The molecule has 2 saturated carbocycles. The summed E-state index contributed by atoms with van der Waals surface area (Å²) in [6, 6.07) is 0.576. The third kappa shape index (κ3) is 2.79. The van der Waals surface area contributed by atoms with Crippen LogP contribution in [-0.4, -0.2) is 28.7 Å².